The quantitative estimate of drug-likeness (QED) is 0.542. The van der Waals surface area contributed by atoms with Crippen LogP contribution in [-0.2, 0) is 4.74 Å². The zero-order valence-corrected chi connectivity index (χ0v) is 15.9. The Labute approximate surface area is 166 Å². The van der Waals surface area contributed by atoms with Crippen LogP contribution in [0.4, 0.5) is 5.95 Å². The van der Waals surface area contributed by atoms with Gasteiger partial charge in [-0.25, -0.2) is 4.58 Å². The Morgan fingerprint density at radius 3 is 2.79 bits per heavy atom. The van der Waals surface area contributed by atoms with E-state index in [0.29, 0.717) is 31.5 Å². The van der Waals surface area contributed by atoms with Gasteiger partial charge in [0, 0.05) is 41.5 Å². The average Bonchev–Trinajstić information content (AvgIpc) is 3.24. The van der Waals surface area contributed by atoms with Gasteiger partial charge in [-0.3, -0.25) is 9.97 Å². The van der Waals surface area contributed by atoms with Crippen LogP contribution in [0.25, 0.3) is 33.4 Å². The second-order valence-corrected chi connectivity index (χ2v) is 6.60. The van der Waals surface area contributed by atoms with Gasteiger partial charge >= 0.3 is 5.95 Å². The molecule has 0 spiro atoms. The molecule has 0 saturated carbocycles. The van der Waals surface area contributed by atoms with Crippen molar-refractivity contribution in [2.45, 2.75) is 0 Å². The summed E-state index contributed by atoms with van der Waals surface area (Å²) in [6.45, 7) is 1.90. The summed E-state index contributed by atoms with van der Waals surface area (Å²) >= 11 is 0. The number of hydrogen-bond acceptors (Lipinski definition) is 6. The third-order valence-corrected chi connectivity index (χ3v) is 4.87. The standard InChI is InChI=1S/C21H19N6O2/c1-28-16-10-15(11-23-12-16)17-13-24-20-18(14-2-4-22-5-3-14)25-21(26-19(17)20)27-6-8-29-9-7-27/h2-6,10-13,24H,7-9H2,1H3/q+1. The van der Waals surface area contributed by atoms with Crippen molar-refractivity contribution in [3.05, 3.63) is 49.2 Å². The van der Waals surface area contributed by atoms with E-state index >= 15 is 0 Å². The van der Waals surface area contributed by atoms with Gasteiger partial charge in [-0.1, -0.05) is 9.97 Å². The highest BCUT2D eigenvalue weighted by atomic mass is 16.5. The van der Waals surface area contributed by atoms with Gasteiger partial charge in [0.15, 0.2) is 11.2 Å². The summed E-state index contributed by atoms with van der Waals surface area (Å²) in [5.74, 6) is 1.34. The predicted octanol–water partition coefficient (Wildman–Crippen LogP) is 2.84. The first-order valence-electron chi connectivity index (χ1n) is 9.30. The summed E-state index contributed by atoms with van der Waals surface area (Å²) in [6, 6.07) is 5.84. The van der Waals surface area contributed by atoms with Crippen molar-refractivity contribution in [2.75, 3.05) is 26.9 Å². The summed E-state index contributed by atoms with van der Waals surface area (Å²) in [7, 11) is 1.63. The number of aromatic nitrogens is 5. The van der Waals surface area contributed by atoms with Crippen LogP contribution in [0.5, 0.6) is 5.75 Å². The van der Waals surface area contributed by atoms with Crippen molar-refractivity contribution in [3.63, 3.8) is 0 Å². The lowest BCUT2D eigenvalue weighted by Gasteiger charge is -2.10. The van der Waals surface area contributed by atoms with Crippen molar-refractivity contribution in [3.8, 4) is 28.1 Å². The van der Waals surface area contributed by atoms with E-state index in [2.05, 4.69) is 15.0 Å². The largest absolute Gasteiger partial charge is 0.495 e. The lowest BCUT2D eigenvalue weighted by atomic mass is 10.1. The molecule has 0 bridgehead atoms. The van der Waals surface area contributed by atoms with Crippen molar-refractivity contribution in [2.24, 2.45) is 0 Å². The van der Waals surface area contributed by atoms with Gasteiger partial charge in [-0.15, -0.1) is 0 Å². The highest BCUT2D eigenvalue weighted by molar-refractivity contribution is 5.99. The number of aromatic amines is 1. The number of ether oxygens (including phenoxy) is 2. The number of hydrogen-bond donors (Lipinski definition) is 1. The fourth-order valence-electron chi connectivity index (χ4n) is 3.40. The van der Waals surface area contributed by atoms with E-state index < -0.39 is 0 Å². The third kappa shape index (κ3) is 3.23. The lowest BCUT2D eigenvalue weighted by Crippen LogP contribution is -2.24. The molecule has 0 fully saturated rings. The molecule has 0 radical (unpaired) electrons. The maximum atomic E-state index is 5.44. The normalized spacial score (nSPS) is 14.0. The minimum absolute atomic E-state index is 0.547. The number of nitrogens with zero attached hydrogens (tertiary/aromatic N) is 5. The molecule has 5 rings (SSSR count). The zero-order chi connectivity index (χ0) is 19.6. The van der Waals surface area contributed by atoms with Crippen LogP contribution in [0.1, 0.15) is 0 Å². The lowest BCUT2D eigenvalue weighted by molar-refractivity contribution is -0.457. The summed E-state index contributed by atoms with van der Waals surface area (Å²) in [6.07, 6.45) is 10.9. The van der Waals surface area contributed by atoms with Crippen LogP contribution < -0.4 is 4.74 Å². The Kier molecular flexibility index (Phi) is 4.45. The molecule has 1 aliphatic rings. The van der Waals surface area contributed by atoms with Crippen molar-refractivity contribution < 1.29 is 14.0 Å². The molecule has 8 heteroatoms. The van der Waals surface area contributed by atoms with E-state index in [9.17, 15) is 0 Å². The SMILES string of the molecule is COc1cncc(-c2c[nH]c3c(-c4ccncc4)nc([N+]4=CCOCC4)nc23)c1. The van der Waals surface area contributed by atoms with E-state index in [4.69, 9.17) is 19.4 Å². The molecule has 0 aliphatic carbocycles. The van der Waals surface area contributed by atoms with Crippen LogP contribution >= 0.6 is 0 Å². The second-order valence-electron chi connectivity index (χ2n) is 6.60. The van der Waals surface area contributed by atoms with Crippen LogP contribution in [0.3, 0.4) is 0 Å². The van der Waals surface area contributed by atoms with Crippen molar-refractivity contribution in [1.29, 1.82) is 0 Å². The molecular weight excluding hydrogens is 368 g/mol. The summed E-state index contributed by atoms with van der Waals surface area (Å²) in [4.78, 5) is 21.5. The summed E-state index contributed by atoms with van der Waals surface area (Å²) in [5, 5.41) is 0. The molecule has 29 heavy (non-hydrogen) atoms. The van der Waals surface area contributed by atoms with E-state index in [0.717, 1.165) is 33.4 Å². The van der Waals surface area contributed by atoms with Gasteiger partial charge in [0.1, 0.15) is 11.3 Å². The van der Waals surface area contributed by atoms with E-state index in [1.807, 2.05) is 35.2 Å². The van der Waals surface area contributed by atoms with Gasteiger partial charge in [-0.05, 0) is 18.2 Å². The molecule has 1 aliphatic heterocycles. The first-order chi connectivity index (χ1) is 14.3. The van der Waals surface area contributed by atoms with Crippen LogP contribution in [0.2, 0.25) is 0 Å². The van der Waals surface area contributed by atoms with E-state index in [1.54, 1.807) is 31.9 Å². The highest BCUT2D eigenvalue weighted by Gasteiger charge is 2.25. The Bertz CT molecular complexity index is 1200. The molecule has 5 heterocycles. The van der Waals surface area contributed by atoms with Crippen molar-refractivity contribution in [1.82, 2.24) is 24.9 Å². The highest BCUT2D eigenvalue weighted by Crippen LogP contribution is 2.34. The first-order valence-corrected chi connectivity index (χ1v) is 9.30. The fraction of sp³-hybridized carbons (Fsp3) is 0.190. The number of H-pyrrole nitrogens is 1. The van der Waals surface area contributed by atoms with Gasteiger partial charge < -0.3 is 14.5 Å². The summed E-state index contributed by atoms with van der Waals surface area (Å²) in [5.41, 5.74) is 5.36. The maximum Gasteiger partial charge on any atom is 0.433 e. The number of rotatable bonds is 4. The number of nitrogens with one attached hydrogen (secondary N) is 1. The Morgan fingerprint density at radius 1 is 1.10 bits per heavy atom. The Balaban J connectivity index is 1.75. The molecule has 0 saturated heterocycles. The van der Waals surface area contributed by atoms with Crippen LogP contribution in [0, 0.1) is 0 Å². The van der Waals surface area contributed by atoms with Gasteiger partial charge in [-0.2, -0.15) is 0 Å². The molecule has 0 atom stereocenters. The zero-order valence-electron chi connectivity index (χ0n) is 15.9. The molecule has 0 amide bonds. The van der Waals surface area contributed by atoms with E-state index in [-0.39, 0.29) is 0 Å². The Morgan fingerprint density at radius 2 is 2.00 bits per heavy atom. The van der Waals surface area contributed by atoms with E-state index in [1.165, 1.54) is 0 Å². The number of methoxy groups -OCH3 is 1. The molecule has 144 valence electrons. The fourth-order valence-corrected chi connectivity index (χ4v) is 3.40. The summed E-state index contributed by atoms with van der Waals surface area (Å²) < 4.78 is 12.8. The van der Waals surface area contributed by atoms with Gasteiger partial charge in [0.05, 0.1) is 39.3 Å². The maximum absolute atomic E-state index is 5.44. The molecule has 8 nitrogen and oxygen atoms in total. The van der Waals surface area contributed by atoms with Crippen molar-refractivity contribution >= 4 is 23.2 Å². The molecule has 4 aromatic heterocycles. The molecular formula is C21H19N6O2+. The van der Waals surface area contributed by atoms with Crippen LogP contribution in [-0.4, -0.2) is 62.6 Å². The van der Waals surface area contributed by atoms with Gasteiger partial charge in [0.2, 0.25) is 0 Å². The predicted molar refractivity (Wildman–Crippen MR) is 109 cm³/mol. The number of pyridine rings is 2. The minimum Gasteiger partial charge on any atom is -0.495 e. The Hall–Kier alpha value is -3.65. The minimum atomic E-state index is 0.547. The van der Waals surface area contributed by atoms with Gasteiger partial charge in [0.25, 0.3) is 0 Å². The third-order valence-electron chi connectivity index (χ3n) is 4.87. The topological polar surface area (TPSA) is 88.8 Å². The smallest absolute Gasteiger partial charge is 0.433 e. The molecule has 1 N–H and O–H groups in total. The monoisotopic (exact) mass is 387 g/mol. The average molecular weight is 387 g/mol. The second kappa shape index (κ2) is 7.40. The number of fused-ring (bicyclic) bond motifs is 1. The molecule has 4 aromatic rings. The first kappa shape index (κ1) is 17.4. The molecule has 0 aromatic carbocycles. The molecule has 0 unspecified atom stereocenters. The van der Waals surface area contributed by atoms with Crippen LogP contribution in [0.15, 0.2) is 49.2 Å².